The van der Waals surface area contributed by atoms with Gasteiger partial charge in [0.05, 0.1) is 30.9 Å². The average Bonchev–Trinajstić information content (AvgIpc) is 3.44. The number of nitrogens with zero attached hydrogens (tertiary/aromatic N) is 5. The number of hydrogen-bond donors (Lipinski definition) is 1. The molecule has 1 N–H and O–H groups in total. The van der Waals surface area contributed by atoms with Crippen LogP contribution in [0.1, 0.15) is 11.5 Å². The first-order valence-electron chi connectivity index (χ1n) is 9.79. The summed E-state index contributed by atoms with van der Waals surface area (Å²) in [7, 11) is 1.64. The van der Waals surface area contributed by atoms with Crippen LogP contribution in [0.15, 0.2) is 71.8 Å². The number of aryl methyl sites for hydroxylation is 1. The van der Waals surface area contributed by atoms with Gasteiger partial charge in [-0.1, -0.05) is 24.3 Å². The van der Waals surface area contributed by atoms with Crippen LogP contribution in [0.2, 0.25) is 0 Å². The fourth-order valence-electron chi connectivity index (χ4n) is 3.35. The molecule has 0 unspecified atom stereocenters. The van der Waals surface area contributed by atoms with Crippen LogP contribution in [0, 0.1) is 6.92 Å². The topological polar surface area (TPSA) is 90.4 Å². The summed E-state index contributed by atoms with van der Waals surface area (Å²) in [5, 5.41) is 3.36. The molecule has 0 aliphatic rings. The first-order chi connectivity index (χ1) is 15.2. The molecule has 4 aromatic heterocycles. The van der Waals surface area contributed by atoms with Crippen LogP contribution in [0.25, 0.3) is 28.4 Å². The standard InChI is InChI=1S/C23H20N6O2/c1-15-24-13-21(31-15)17-5-3-16(4-6-17)11-25-22-10-19(27-14-28-22)20-12-26-23-9-18(30-2)7-8-29(20)23/h3-10,12-14H,11H2,1-2H3,(H,25,27,28). The average molecular weight is 412 g/mol. The number of fused-ring (bicyclic) bond motifs is 1. The number of nitrogens with one attached hydrogen (secondary N) is 1. The van der Waals surface area contributed by atoms with Crippen LogP contribution in [0.5, 0.6) is 5.75 Å². The van der Waals surface area contributed by atoms with Gasteiger partial charge in [-0.3, -0.25) is 4.40 Å². The molecule has 8 heteroatoms. The lowest BCUT2D eigenvalue weighted by atomic mass is 10.1. The van der Waals surface area contributed by atoms with Gasteiger partial charge in [-0.25, -0.2) is 19.9 Å². The maximum Gasteiger partial charge on any atom is 0.191 e. The normalized spacial score (nSPS) is 11.0. The van der Waals surface area contributed by atoms with Crippen LogP contribution >= 0.6 is 0 Å². The van der Waals surface area contributed by atoms with Crippen molar-refractivity contribution in [3.8, 4) is 28.5 Å². The maximum atomic E-state index is 5.57. The Morgan fingerprint density at radius 3 is 2.65 bits per heavy atom. The summed E-state index contributed by atoms with van der Waals surface area (Å²) in [5.74, 6) is 2.93. The van der Waals surface area contributed by atoms with E-state index in [-0.39, 0.29) is 0 Å². The highest BCUT2D eigenvalue weighted by Gasteiger charge is 2.10. The van der Waals surface area contributed by atoms with Gasteiger partial charge in [0.25, 0.3) is 0 Å². The van der Waals surface area contributed by atoms with Crippen LogP contribution in [-0.2, 0) is 6.54 Å². The Kier molecular flexibility index (Phi) is 4.80. The zero-order valence-electron chi connectivity index (χ0n) is 17.1. The monoisotopic (exact) mass is 412 g/mol. The Morgan fingerprint density at radius 1 is 1.00 bits per heavy atom. The second kappa shape index (κ2) is 7.91. The van der Waals surface area contributed by atoms with Crippen molar-refractivity contribution in [1.29, 1.82) is 0 Å². The van der Waals surface area contributed by atoms with E-state index < -0.39 is 0 Å². The van der Waals surface area contributed by atoms with Crippen molar-refractivity contribution in [3.63, 3.8) is 0 Å². The van der Waals surface area contributed by atoms with Crippen LogP contribution in [-0.4, -0.2) is 31.4 Å². The van der Waals surface area contributed by atoms with E-state index in [0.29, 0.717) is 12.4 Å². The summed E-state index contributed by atoms with van der Waals surface area (Å²) in [6.45, 7) is 2.47. The van der Waals surface area contributed by atoms with E-state index in [1.165, 1.54) is 0 Å². The molecule has 31 heavy (non-hydrogen) atoms. The fourth-order valence-corrected chi connectivity index (χ4v) is 3.35. The number of methoxy groups -OCH3 is 1. The molecule has 0 atom stereocenters. The highest BCUT2D eigenvalue weighted by Crippen LogP contribution is 2.24. The van der Waals surface area contributed by atoms with Gasteiger partial charge in [0.2, 0.25) is 0 Å². The largest absolute Gasteiger partial charge is 0.497 e. The molecule has 5 aromatic rings. The van der Waals surface area contributed by atoms with Gasteiger partial charge in [0.1, 0.15) is 23.5 Å². The Morgan fingerprint density at radius 2 is 1.87 bits per heavy atom. The molecule has 0 radical (unpaired) electrons. The lowest BCUT2D eigenvalue weighted by Gasteiger charge is -2.08. The quantitative estimate of drug-likeness (QED) is 0.443. The molecule has 5 rings (SSSR count). The predicted octanol–water partition coefficient (Wildman–Crippen LogP) is 4.38. The predicted molar refractivity (Wildman–Crippen MR) is 117 cm³/mol. The number of pyridine rings is 1. The Balaban J connectivity index is 1.32. The first-order valence-corrected chi connectivity index (χ1v) is 9.79. The zero-order valence-corrected chi connectivity index (χ0v) is 17.1. The van der Waals surface area contributed by atoms with Gasteiger partial charge in [-0.05, 0) is 11.6 Å². The Bertz CT molecular complexity index is 1340. The van der Waals surface area contributed by atoms with Crippen LogP contribution < -0.4 is 10.1 Å². The van der Waals surface area contributed by atoms with E-state index >= 15 is 0 Å². The van der Waals surface area contributed by atoms with E-state index in [9.17, 15) is 0 Å². The second-order valence-corrected chi connectivity index (χ2v) is 7.02. The number of hydrogen-bond acceptors (Lipinski definition) is 7. The van der Waals surface area contributed by atoms with Gasteiger partial charge in [0.15, 0.2) is 11.7 Å². The Labute approximate surface area is 178 Å². The summed E-state index contributed by atoms with van der Waals surface area (Å²) >= 11 is 0. The third-order valence-corrected chi connectivity index (χ3v) is 4.98. The molecule has 0 saturated heterocycles. The van der Waals surface area contributed by atoms with Crippen molar-refractivity contribution in [1.82, 2.24) is 24.3 Å². The summed E-state index contributed by atoms with van der Waals surface area (Å²) in [4.78, 5) is 17.4. The molecule has 0 aliphatic carbocycles. The van der Waals surface area contributed by atoms with Gasteiger partial charge < -0.3 is 14.5 Å². The molecular formula is C23H20N6O2. The molecular weight excluding hydrogens is 392 g/mol. The van der Waals surface area contributed by atoms with Crippen molar-refractivity contribution in [2.24, 2.45) is 0 Å². The number of benzene rings is 1. The third-order valence-electron chi connectivity index (χ3n) is 4.98. The second-order valence-electron chi connectivity index (χ2n) is 7.02. The number of anilines is 1. The number of ether oxygens (including phenoxy) is 1. The first kappa shape index (κ1) is 18.8. The minimum atomic E-state index is 0.635. The number of aromatic nitrogens is 5. The molecule has 0 bridgehead atoms. The zero-order chi connectivity index (χ0) is 21.2. The van der Waals surface area contributed by atoms with Crippen molar-refractivity contribution < 1.29 is 9.15 Å². The number of imidazole rings is 1. The smallest absolute Gasteiger partial charge is 0.191 e. The molecule has 0 spiro atoms. The van der Waals surface area contributed by atoms with Gasteiger partial charge in [0, 0.05) is 37.4 Å². The molecule has 0 aliphatic heterocycles. The molecule has 4 heterocycles. The minimum Gasteiger partial charge on any atom is -0.497 e. The van der Waals surface area contributed by atoms with Gasteiger partial charge in [-0.2, -0.15) is 0 Å². The van der Waals surface area contributed by atoms with E-state index in [1.54, 1.807) is 25.8 Å². The van der Waals surface area contributed by atoms with Crippen LogP contribution in [0.4, 0.5) is 5.82 Å². The van der Waals surface area contributed by atoms with Gasteiger partial charge >= 0.3 is 0 Å². The van der Waals surface area contributed by atoms with Crippen molar-refractivity contribution in [3.05, 3.63) is 78.8 Å². The Hall–Kier alpha value is -4.20. The lowest BCUT2D eigenvalue weighted by Crippen LogP contribution is -2.02. The third kappa shape index (κ3) is 3.83. The molecule has 8 nitrogen and oxygen atoms in total. The van der Waals surface area contributed by atoms with Crippen LogP contribution in [0.3, 0.4) is 0 Å². The molecule has 0 saturated carbocycles. The molecule has 1 aromatic carbocycles. The summed E-state index contributed by atoms with van der Waals surface area (Å²) in [5.41, 5.74) is 4.59. The SMILES string of the molecule is COc1ccn2c(-c3cc(NCc4ccc(-c5cnc(C)o5)cc4)ncn3)cnc2c1. The van der Waals surface area contributed by atoms with E-state index in [0.717, 1.165) is 45.5 Å². The van der Waals surface area contributed by atoms with Crippen molar-refractivity contribution in [2.45, 2.75) is 13.5 Å². The van der Waals surface area contributed by atoms with E-state index in [2.05, 4.69) is 37.4 Å². The molecule has 0 amide bonds. The minimum absolute atomic E-state index is 0.635. The maximum absolute atomic E-state index is 5.57. The lowest BCUT2D eigenvalue weighted by molar-refractivity contribution is 0.414. The summed E-state index contributed by atoms with van der Waals surface area (Å²) in [6, 6.07) is 13.8. The number of oxazole rings is 1. The van der Waals surface area contributed by atoms with Gasteiger partial charge in [-0.15, -0.1) is 0 Å². The van der Waals surface area contributed by atoms with Crippen molar-refractivity contribution in [2.75, 3.05) is 12.4 Å². The van der Waals surface area contributed by atoms with E-state index in [4.69, 9.17) is 9.15 Å². The van der Waals surface area contributed by atoms with E-state index in [1.807, 2.05) is 47.9 Å². The molecule has 0 fully saturated rings. The highest BCUT2D eigenvalue weighted by atomic mass is 16.5. The highest BCUT2D eigenvalue weighted by molar-refractivity contribution is 5.63. The summed E-state index contributed by atoms with van der Waals surface area (Å²) < 4.78 is 12.8. The molecule has 154 valence electrons. The van der Waals surface area contributed by atoms with Crippen molar-refractivity contribution >= 4 is 11.5 Å². The summed E-state index contributed by atoms with van der Waals surface area (Å²) in [6.07, 6.45) is 7.01. The number of rotatable bonds is 6. The fraction of sp³-hybridized carbons (Fsp3) is 0.130.